The second kappa shape index (κ2) is 6.33. The predicted octanol–water partition coefficient (Wildman–Crippen LogP) is -0.171. The third kappa shape index (κ3) is 3.40. The molecule has 1 fully saturated rings. The Morgan fingerprint density at radius 1 is 1.53 bits per heavy atom. The summed E-state index contributed by atoms with van der Waals surface area (Å²) in [6.45, 7) is 3.92. The molecule has 5 nitrogen and oxygen atoms in total. The number of nitrogens with two attached hydrogens (primary N) is 1. The Morgan fingerprint density at radius 2 is 2.18 bits per heavy atom. The number of ether oxygens (including phenoxy) is 1. The van der Waals surface area contributed by atoms with E-state index < -0.39 is 0 Å². The summed E-state index contributed by atoms with van der Waals surface area (Å²) in [6.07, 6.45) is 1.79. The smallest absolute Gasteiger partial charge is 0.229 e. The number of nitrogens with zero attached hydrogens (tertiary/aromatic N) is 1. The zero-order chi connectivity index (χ0) is 12.9. The molecule has 3 N–H and O–H groups in total. The second-order valence-corrected chi connectivity index (χ2v) is 5.06. The van der Waals surface area contributed by atoms with E-state index in [-0.39, 0.29) is 17.9 Å². The average Bonchev–Trinajstić information content (AvgIpc) is 2.29. The molecule has 0 aliphatic heterocycles. The highest BCUT2D eigenvalue weighted by Gasteiger charge is 2.48. The number of aliphatic hydroxyl groups is 1. The highest BCUT2D eigenvalue weighted by Crippen LogP contribution is 2.45. The zero-order valence-corrected chi connectivity index (χ0v) is 10.8. The van der Waals surface area contributed by atoms with Gasteiger partial charge in [-0.2, -0.15) is 0 Å². The van der Waals surface area contributed by atoms with Crippen LogP contribution < -0.4 is 5.73 Å². The molecule has 1 saturated carbocycles. The molecule has 0 heterocycles. The van der Waals surface area contributed by atoms with Crippen LogP contribution in [0.1, 0.15) is 19.8 Å². The fourth-order valence-electron chi connectivity index (χ4n) is 2.58. The highest BCUT2D eigenvalue weighted by atomic mass is 16.5. The predicted molar refractivity (Wildman–Crippen MR) is 65.4 cm³/mol. The summed E-state index contributed by atoms with van der Waals surface area (Å²) in [4.78, 5) is 13.9. The SMILES string of the molecule is CC1CC(CN)(C(=O)N(C)CCOCCO)C1. The maximum atomic E-state index is 12.2. The summed E-state index contributed by atoms with van der Waals surface area (Å²) in [6, 6.07) is 0. The van der Waals surface area contributed by atoms with E-state index in [0.717, 1.165) is 12.8 Å². The molecule has 0 saturated heterocycles. The monoisotopic (exact) mass is 244 g/mol. The lowest BCUT2D eigenvalue weighted by atomic mass is 9.62. The molecule has 0 aromatic carbocycles. The van der Waals surface area contributed by atoms with Gasteiger partial charge < -0.3 is 20.5 Å². The van der Waals surface area contributed by atoms with Crippen LogP contribution in [0, 0.1) is 11.3 Å². The van der Waals surface area contributed by atoms with Gasteiger partial charge in [-0.15, -0.1) is 0 Å². The van der Waals surface area contributed by atoms with Crippen molar-refractivity contribution in [3.8, 4) is 0 Å². The minimum Gasteiger partial charge on any atom is -0.394 e. The summed E-state index contributed by atoms with van der Waals surface area (Å²) in [5.41, 5.74) is 5.41. The Morgan fingerprint density at radius 3 is 2.65 bits per heavy atom. The van der Waals surface area contributed by atoms with E-state index in [4.69, 9.17) is 15.6 Å². The zero-order valence-electron chi connectivity index (χ0n) is 10.8. The molecule has 1 aliphatic carbocycles. The van der Waals surface area contributed by atoms with Gasteiger partial charge in [0.1, 0.15) is 0 Å². The van der Waals surface area contributed by atoms with Gasteiger partial charge in [-0.25, -0.2) is 0 Å². The summed E-state index contributed by atoms with van der Waals surface area (Å²) in [7, 11) is 1.78. The van der Waals surface area contributed by atoms with E-state index in [9.17, 15) is 4.79 Å². The number of aliphatic hydroxyl groups excluding tert-OH is 1. The molecule has 0 atom stereocenters. The number of hydrogen-bond donors (Lipinski definition) is 2. The number of rotatable bonds is 7. The maximum Gasteiger partial charge on any atom is 0.229 e. The minimum atomic E-state index is -0.328. The topological polar surface area (TPSA) is 75.8 Å². The molecule has 0 radical (unpaired) electrons. The summed E-state index contributed by atoms with van der Waals surface area (Å²) in [5, 5.41) is 8.56. The van der Waals surface area contributed by atoms with Crippen molar-refractivity contribution >= 4 is 5.91 Å². The molecule has 0 spiro atoms. The lowest BCUT2D eigenvalue weighted by Gasteiger charge is -2.46. The van der Waals surface area contributed by atoms with Crippen LogP contribution in [-0.4, -0.2) is 55.9 Å². The number of hydrogen-bond acceptors (Lipinski definition) is 4. The van der Waals surface area contributed by atoms with Crippen molar-refractivity contribution in [2.75, 3.05) is 40.0 Å². The van der Waals surface area contributed by atoms with Gasteiger partial charge in [0.15, 0.2) is 0 Å². The third-order valence-corrected chi connectivity index (χ3v) is 3.48. The van der Waals surface area contributed by atoms with Crippen molar-refractivity contribution in [3.05, 3.63) is 0 Å². The van der Waals surface area contributed by atoms with Crippen molar-refractivity contribution < 1.29 is 14.6 Å². The first kappa shape index (κ1) is 14.4. The average molecular weight is 244 g/mol. The van der Waals surface area contributed by atoms with Gasteiger partial charge in [0.05, 0.1) is 25.2 Å². The first-order valence-corrected chi connectivity index (χ1v) is 6.20. The third-order valence-electron chi connectivity index (χ3n) is 3.48. The Labute approximate surface area is 103 Å². The normalized spacial score (nSPS) is 27.6. The van der Waals surface area contributed by atoms with Crippen molar-refractivity contribution in [1.82, 2.24) is 4.90 Å². The Kier molecular flexibility index (Phi) is 5.36. The van der Waals surface area contributed by atoms with Gasteiger partial charge >= 0.3 is 0 Å². The van der Waals surface area contributed by atoms with E-state index in [0.29, 0.717) is 32.2 Å². The second-order valence-electron chi connectivity index (χ2n) is 5.06. The van der Waals surface area contributed by atoms with E-state index in [1.54, 1.807) is 11.9 Å². The summed E-state index contributed by atoms with van der Waals surface area (Å²) >= 11 is 0. The van der Waals surface area contributed by atoms with Gasteiger partial charge in [-0.05, 0) is 18.8 Å². The summed E-state index contributed by atoms with van der Waals surface area (Å²) in [5.74, 6) is 0.729. The van der Waals surface area contributed by atoms with Crippen LogP contribution >= 0.6 is 0 Å². The Bertz CT molecular complexity index is 252. The Balaban J connectivity index is 2.35. The van der Waals surface area contributed by atoms with E-state index in [1.165, 1.54) is 0 Å². The number of carbonyl (C=O) groups excluding carboxylic acids is 1. The van der Waals surface area contributed by atoms with E-state index in [2.05, 4.69) is 6.92 Å². The standard InChI is InChI=1S/C12H24N2O3/c1-10-7-12(8-10,9-13)11(16)14(2)3-5-17-6-4-15/h10,15H,3-9,13H2,1-2H3. The molecule has 1 amide bonds. The Hall–Kier alpha value is -0.650. The molecular formula is C12H24N2O3. The quantitative estimate of drug-likeness (QED) is 0.610. The number of carbonyl (C=O) groups is 1. The first-order valence-electron chi connectivity index (χ1n) is 6.20. The lowest BCUT2D eigenvalue weighted by molar-refractivity contribution is -0.148. The van der Waals surface area contributed by atoms with E-state index in [1.807, 2.05) is 0 Å². The van der Waals surface area contributed by atoms with Crippen molar-refractivity contribution in [2.45, 2.75) is 19.8 Å². The van der Waals surface area contributed by atoms with Crippen LogP contribution in [0.15, 0.2) is 0 Å². The molecule has 17 heavy (non-hydrogen) atoms. The van der Waals surface area contributed by atoms with Gasteiger partial charge in [0, 0.05) is 20.1 Å². The molecule has 1 aliphatic rings. The van der Waals surface area contributed by atoms with Crippen molar-refractivity contribution in [3.63, 3.8) is 0 Å². The lowest BCUT2D eigenvalue weighted by Crippen LogP contribution is -2.54. The van der Waals surface area contributed by atoms with Crippen LogP contribution in [0.2, 0.25) is 0 Å². The van der Waals surface area contributed by atoms with Crippen molar-refractivity contribution in [1.29, 1.82) is 0 Å². The van der Waals surface area contributed by atoms with Gasteiger partial charge in [0.25, 0.3) is 0 Å². The van der Waals surface area contributed by atoms with E-state index >= 15 is 0 Å². The van der Waals surface area contributed by atoms with Gasteiger partial charge in [0.2, 0.25) is 5.91 Å². The van der Waals surface area contributed by atoms with Crippen LogP contribution in [0.4, 0.5) is 0 Å². The van der Waals surface area contributed by atoms with Crippen LogP contribution in [0.25, 0.3) is 0 Å². The number of likely N-dealkylation sites (N-methyl/N-ethyl adjacent to an activating group) is 1. The highest BCUT2D eigenvalue weighted by molar-refractivity contribution is 5.83. The maximum absolute atomic E-state index is 12.2. The largest absolute Gasteiger partial charge is 0.394 e. The molecule has 0 aromatic rings. The fourth-order valence-corrected chi connectivity index (χ4v) is 2.58. The molecule has 5 heteroatoms. The molecule has 0 unspecified atom stereocenters. The molecule has 1 rings (SSSR count). The molecule has 100 valence electrons. The first-order chi connectivity index (χ1) is 8.05. The molecule has 0 bridgehead atoms. The van der Waals surface area contributed by atoms with Crippen LogP contribution in [0.5, 0.6) is 0 Å². The number of amides is 1. The summed E-state index contributed by atoms with van der Waals surface area (Å²) < 4.78 is 5.15. The molecule has 0 aromatic heterocycles. The van der Waals surface area contributed by atoms with Gasteiger partial charge in [-0.1, -0.05) is 6.92 Å². The van der Waals surface area contributed by atoms with Crippen LogP contribution in [-0.2, 0) is 9.53 Å². The molecular weight excluding hydrogens is 220 g/mol. The fraction of sp³-hybridized carbons (Fsp3) is 0.917. The van der Waals surface area contributed by atoms with Crippen LogP contribution in [0.3, 0.4) is 0 Å². The van der Waals surface area contributed by atoms with Crippen molar-refractivity contribution in [2.24, 2.45) is 17.1 Å². The minimum absolute atomic E-state index is 0.0158. The van der Waals surface area contributed by atoms with Gasteiger partial charge in [-0.3, -0.25) is 4.79 Å².